The minimum absolute atomic E-state index is 0.113. The average molecular weight is 347 g/mol. The molecule has 1 heterocycles. The van der Waals surface area contributed by atoms with Gasteiger partial charge in [0.05, 0.1) is 6.61 Å². The third-order valence-electron chi connectivity index (χ3n) is 3.98. The number of aryl methyl sites for hydroxylation is 1. The van der Waals surface area contributed by atoms with Gasteiger partial charge in [-0.3, -0.25) is 0 Å². The molecule has 1 saturated heterocycles. The van der Waals surface area contributed by atoms with Gasteiger partial charge in [-0.15, -0.1) is 0 Å². The number of phenolic OH excluding ortho intramolecular Hbond substituents is 1. The normalized spacial score (nSPS) is 14.2. The number of ether oxygens (including phenoxy) is 1. The van der Waals surface area contributed by atoms with Crippen molar-refractivity contribution in [2.45, 2.75) is 6.92 Å². The van der Waals surface area contributed by atoms with Crippen molar-refractivity contribution in [3.63, 3.8) is 0 Å². The Balaban J connectivity index is 1.43. The molecule has 24 heavy (non-hydrogen) atoms. The quantitative estimate of drug-likeness (QED) is 0.882. The third kappa shape index (κ3) is 3.92. The van der Waals surface area contributed by atoms with Gasteiger partial charge in [-0.1, -0.05) is 11.6 Å². The summed E-state index contributed by atoms with van der Waals surface area (Å²) >= 11 is 5.98. The molecule has 2 aromatic rings. The van der Waals surface area contributed by atoms with Crippen molar-refractivity contribution in [1.29, 1.82) is 0 Å². The van der Waals surface area contributed by atoms with E-state index in [1.807, 2.05) is 13.0 Å². The minimum Gasteiger partial charge on any atom is -0.508 e. The van der Waals surface area contributed by atoms with Gasteiger partial charge in [-0.2, -0.15) is 0 Å². The van der Waals surface area contributed by atoms with Crippen molar-refractivity contribution in [2.75, 3.05) is 25.0 Å². The minimum atomic E-state index is -0.113. The van der Waals surface area contributed by atoms with Crippen LogP contribution < -0.4 is 10.1 Å². The van der Waals surface area contributed by atoms with E-state index < -0.39 is 0 Å². The molecule has 0 saturated carbocycles. The first kappa shape index (κ1) is 16.5. The zero-order chi connectivity index (χ0) is 17.1. The Bertz CT molecular complexity index is 728. The maximum atomic E-state index is 12.2. The number of rotatable bonds is 4. The lowest BCUT2D eigenvalue weighted by atomic mass is 10.0. The summed E-state index contributed by atoms with van der Waals surface area (Å²) in [5.41, 5.74) is 1.67. The number of hydrogen-bond donors (Lipinski definition) is 2. The number of aromatic hydroxyl groups is 1. The summed E-state index contributed by atoms with van der Waals surface area (Å²) in [6, 6.07) is 11.9. The number of urea groups is 1. The van der Waals surface area contributed by atoms with Crippen molar-refractivity contribution >= 4 is 23.3 Å². The third-order valence-corrected chi connectivity index (χ3v) is 4.40. The van der Waals surface area contributed by atoms with E-state index in [0.29, 0.717) is 36.4 Å². The van der Waals surface area contributed by atoms with Gasteiger partial charge in [0, 0.05) is 29.7 Å². The molecule has 2 amide bonds. The van der Waals surface area contributed by atoms with Gasteiger partial charge in [-0.25, -0.2) is 4.79 Å². The highest BCUT2D eigenvalue weighted by molar-refractivity contribution is 6.31. The van der Waals surface area contributed by atoms with Crippen LogP contribution in [0.5, 0.6) is 11.5 Å². The van der Waals surface area contributed by atoms with Crippen molar-refractivity contribution in [3.05, 3.63) is 53.1 Å². The van der Waals surface area contributed by atoms with Crippen LogP contribution in [0.4, 0.5) is 10.5 Å². The molecule has 1 aliphatic heterocycles. The number of likely N-dealkylation sites (tertiary alicyclic amines) is 1. The molecule has 1 fully saturated rings. The van der Waals surface area contributed by atoms with Gasteiger partial charge in [-0.05, 0) is 55.0 Å². The van der Waals surface area contributed by atoms with Gasteiger partial charge in [0.25, 0.3) is 0 Å². The van der Waals surface area contributed by atoms with E-state index in [9.17, 15) is 9.90 Å². The lowest BCUT2D eigenvalue weighted by molar-refractivity contribution is 0.0924. The second-order valence-electron chi connectivity index (χ2n) is 5.97. The molecular weight excluding hydrogens is 328 g/mol. The number of benzene rings is 2. The van der Waals surface area contributed by atoms with Crippen LogP contribution in [0, 0.1) is 12.8 Å². The molecular formula is C18H19ClN2O3. The fraction of sp³-hybridized carbons (Fsp3) is 0.278. The van der Waals surface area contributed by atoms with Crippen LogP contribution in [-0.2, 0) is 0 Å². The Morgan fingerprint density at radius 3 is 2.67 bits per heavy atom. The van der Waals surface area contributed by atoms with Gasteiger partial charge in [0.15, 0.2) is 0 Å². The summed E-state index contributed by atoms with van der Waals surface area (Å²) in [7, 11) is 0. The SMILES string of the molecule is Cc1cc(NC(=O)N2CC(COc3ccc(O)cc3)C2)ccc1Cl. The first-order chi connectivity index (χ1) is 11.5. The lowest BCUT2D eigenvalue weighted by Crippen LogP contribution is -2.53. The van der Waals surface area contributed by atoms with Crippen molar-refractivity contribution in [2.24, 2.45) is 5.92 Å². The standard InChI is InChI=1S/C18H19ClN2O3/c1-12-8-14(2-7-17(12)19)20-18(23)21-9-13(10-21)11-24-16-5-3-15(22)4-6-16/h2-8,13,22H,9-11H2,1H3,(H,20,23). The summed E-state index contributed by atoms with van der Waals surface area (Å²) in [4.78, 5) is 13.9. The summed E-state index contributed by atoms with van der Waals surface area (Å²) < 4.78 is 5.66. The van der Waals surface area contributed by atoms with Crippen LogP contribution in [0.15, 0.2) is 42.5 Å². The second kappa shape index (κ2) is 7.01. The van der Waals surface area contributed by atoms with E-state index in [4.69, 9.17) is 16.3 Å². The topological polar surface area (TPSA) is 61.8 Å². The number of amides is 2. The van der Waals surface area contributed by atoms with Crippen molar-refractivity contribution in [3.8, 4) is 11.5 Å². The van der Waals surface area contributed by atoms with E-state index in [0.717, 1.165) is 11.3 Å². The van der Waals surface area contributed by atoms with E-state index in [-0.39, 0.29) is 11.8 Å². The maximum absolute atomic E-state index is 12.2. The first-order valence-corrected chi connectivity index (χ1v) is 8.13. The van der Waals surface area contributed by atoms with E-state index in [1.165, 1.54) is 0 Å². The fourth-order valence-electron chi connectivity index (χ4n) is 2.52. The summed E-state index contributed by atoms with van der Waals surface area (Å²) in [5, 5.41) is 12.8. The Labute approximate surface area is 145 Å². The zero-order valence-corrected chi connectivity index (χ0v) is 14.1. The number of nitrogens with zero attached hydrogens (tertiary/aromatic N) is 1. The van der Waals surface area contributed by atoms with Crippen LogP contribution in [0.25, 0.3) is 0 Å². The number of hydrogen-bond acceptors (Lipinski definition) is 3. The van der Waals surface area contributed by atoms with Crippen molar-refractivity contribution < 1.29 is 14.6 Å². The largest absolute Gasteiger partial charge is 0.508 e. The number of phenols is 1. The highest BCUT2D eigenvalue weighted by atomic mass is 35.5. The van der Waals surface area contributed by atoms with Crippen LogP contribution in [-0.4, -0.2) is 35.7 Å². The molecule has 2 aromatic carbocycles. The monoisotopic (exact) mass is 346 g/mol. The summed E-state index contributed by atoms with van der Waals surface area (Å²) in [6.07, 6.45) is 0. The Hall–Kier alpha value is -2.40. The molecule has 0 atom stereocenters. The highest BCUT2D eigenvalue weighted by Crippen LogP contribution is 2.23. The molecule has 0 radical (unpaired) electrons. The number of carbonyl (C=O) groups is 1. The molecule has 0 aromatic heterocycles. The highest BCUT2D eigenvalue weighted by Gasteiger charge is 2.31. The number of anilines is 1. The number of carbonyl (C=O) groups excluding carboxylic acids is 1. The summed E-state index contributed by atoms with van der Waals surface area (Å²) in [6.45, 7) is 3.78. The zero-order valence-electron chi connectivity index (χ0n) is 13.3. The fourth-order valence-corrected chi connectivity index (χ4v) is 2.64. The first-order valence-electron chi connectivity index (χ1n) is 7.75. The predicted molar refractivity (Wildman–Crippen MR) is 93.9 cm³/mol. The number of halogens is 1. The predicted octanol–water partition coefficient (Wildman–Crippen LogP) is 3.90. The molecule has 1 aliphatic rings. The van der Waals surface area contributed by atoms with Crippen LogP contribution >= 0.6 is 11.6 Å². The Kier molecular flexibility index (Phi) is 4.81. The molecule has 5 nitrogen and oxygen atoms in total. The second-order valence-corrected chi connectivity index (χ2v) is 6.38. The van der Waals surface area contributed by atoms with E-state index in [2.05, 4.69) is 5.32 Å². The molecule has 0 spiro atoms. The maximum Gasteiger partial charge on any atom is 0.321 e. The van der Waals surface area contributed by atoms with E-state index in [1.54, 1.807) is 41.3 Å². The van der Waals surface area contributed by atoms with Gasteiger partial charge < -0.3 is 20.1 Å². The molecule has 2 N–H and O–H groups in total. The van der Waals surface area contributed by atoms with Crippen LogP contribution in [0.1, 0.15) is 5.56 Å². The molecule has 0 unspecified atom stereocenters. The van der Waals surface area contributed by atoms with Crippen LogP contribution in [0.3, 0.4) is 0 Å². The Morgan fingerprint density at radius 2 is 2.00 bits per heavy atom. The van der Waals surface area contributed by atoms with Crippen molar-refractivity contribution in [1.82, 2.24) is 4.90 Å². The van der Waals surface area contributed by atoms with Gasteiger partial charge in [0.2, 0.25) is 0 Å². The van der Waals surface area contributed by atoms with Crippen LogP contribution in [0.2, 0.25) is 5.02 Å². The smallest absolute Gasteiger partial charge is 0.321 e. The van der Waals surface area contributed by atoms with Gasteiger partial charge in [0.1, 0.15) is 11.5 Å². The lowest BCUT2D eigenvalue weighted by Gasteiger charge is -2.38. The molecule has 0 aliphatic carbocycles. The number of nitrogens with one attached hydrogen (secondary N) is 1. The average Bonchev–Trinajstić information content (AvgIpc) is 2.51. The molecule has 3 rings (SSSR count). The van der Waals surface area contributed by atoms with Gasteiger partial charge >= 0.3 is 6.03 Å². The molecule has 126 valence electrons. The molecule has 0 bridgehead atoms. The van der Waals surface area contributed by atoms with E-state index >= 15 is 0 Å². The summed E-state index contributed by atoms with van der Waals surface area (Å²) in [5.74, 6) is 1.25. The Morgan fingerprint density at radius 1 is 1.29 bits per heavy atom. The molecule has 6 heteroatoms.